The Morgan fingerprint density at radius 3 is 1.45 bits per heavy atom. The van der Waals surface area contributed by atoms with Gasteiger partial charge in [-0.1, -0.05) is 84.9 Å². The van der Waals surface area contributed by atoms with E-state index in [0.29, 0.717) is 26.2 Å². The molecule has 4 heterocycles. The van der Waals surface area contributed by atoms with Gasteiger partial charge in [-0.2, -0.15) is 10.2 Å². The van der Waals surface area contributed by atoms with Crippen LogP contribution in [-0.4, -0.2) is 105 Å². The first-order valence-electron chi connectivity index (χ1n) is 22.6. The molecule has 8 rings (SSSR count). The molecule has 0 spiro atoms. The molecule has 12 heteroatoms. The third-order valence-electron chi connectivity index (χ3n) is 11.2. The van der Waals surface area contributed by atoms with Gasteiger partial charge in [-0.05, 0) is 107 Å². The van der Waals surface area contributed by atoms with E-state index in [9.17, 15) is 9.59 Å². The maximum Gasteiger partial charge on any atom is 0.410 e. The smallest absolute Gasteiger partial charge is 0.410 e. The summed E-state index contributed by atoms with van der Waals surface area (Å²) in [5.74, 6) is 0. The Kier molecular flexibility index (Phi) is 14.7. The molecule has 0 atom stereocenters. The van der Waals surface area contributed by atoms with Crippen molar-refractivity contribution in [2.24, 2.45) is 0 Å². The Balaban J connectivity index is 0.000000191. The number of amides is 2. The molecule has 0 radical (unpaired) electrons. The van der Waals surface area contributed by atoms with E-state index in [1.54, 1.807) is 9.80 Å². The number of rotatable bonds is 10. The minimum atomic E-state index is -0.461. The maximum atomic E-state index is 12.3. The van der Waals surface area contributed by atoms with E-state index in [2.05, 4.69) is 129 Å². The molecule has 2 aliphatic rings. The molecule has 0 bridgehead atoms. The molecule has 0 saturated carbocycles. The quantitative estimate of drug-likeness (QED) is 0.134. The molecule has 2 saturated heterocycles. The molecule has 2 fully saturated rings. The highest BCUT2D eigenvalue weighted by Gasteiger charge is 2.27. The maximum absolute atomic E-state index is 12.3. The predicted octanol–water partition coefficient (Wildman–Crippen LogP) is 9.70. The van der Waals surface area contributed by atoms with E-state index in [0.717, 1.165) is 74.6 Å². The molecule has 0 aliphatic carbocycles. The fourth-order valence-electron chi connectivity index (χ4n) is 7.80. The van der Waals surface area contributed by atoms with Crippen molar-refractivity contribution < 1.29 is 19.1 Å². The topological polar surface area (TPSA) is 101 Å². The van der Waals surface area contributed by atoms with Gasteiger partial charge in [0.15, 0.2) is 0 Å². The van der Waals surface area contributed by atoms with Gasteiger partial charge in [0.1, 0.15) is 11.2 Å². The van der Waals surface area contributed by atoms with Gasteiger partial charge in [-0.25, -0.2) is 9.59 Å². The average molecular weight is 865 g/mol. The highest BCUT2D eigenvalue weighted by molar-refractivity contribution is 5.70. The summed E-state index contributed by atoms with van der Waals surface area (Å²) in [6.45, 7) is 19.0. The minimum Gasteiger partial charge on any atom is -0.444 e. The first-order valence-corrected chi connectivity index (χ1v) is 22.6. The standard InChI is InChI=1S/2C26H32N4O2/c1-26(2,3)32-25(31)29-19-17-28(18-20-29)23-11-9-22(10-12-23)24-13-15-27-30(24)16-14-21-7-5-4-6-8-21;1-26(2,3)32-25(31)29-19-17-28(18-20-29)23-11-9-22(10-12-23)24-14-16-30(27-24)15-13-21-7-5-4-6-8-21/h4-13,15H,14,16-20H2,1-3H3;4-12,14,16H,13,15,17-20H2,1-3H3. The molecule has 0 unspecified atom stereocenters. The van der Waals surface area contributed by atoms with E-state index in [1.165, 1.54) is 22.5 Å². The lowest BCUT2D eigenvalue weighted by Gasteiger charge is -2.36. The zero-order chi connectivity index (χ0) is 45.1. The van der Waals surface area contributed by atoms with Crippen LogP contribution in [0.25, 0.3) is 22.5 Å². The Hall–Kier alpha value is -6.56. The second-order valence-corrected chi connectivity index (χ2v) is 18.4. The number of anilines is 2. The number of hydrogen-bond donors (Lipinski definition) is 0. The van der Waals surface area contributed by atoms with Crippen molar-refractivity contribution in [3.63, 3.8) is 0 Å². The third-order valence-corrected chi connectivity index (χ3v) is 11.2. The van der Waals surface area contributed by atoms with E-state index >= 15 is 0 Å². The van der Waals surface area contributed by atoms with Gasteiger partial charge in [0.2, 0.25) is 0 Å². The first-order chi connectivity index (χ1) is 30.8. The summed E-state index contributed by atoms with van der Waals surface area (Å²) in [7, 11) is 0. The van der Waals surface area contributed by atoms with Crippen LogP contribution >= 0.6 is 0 Å². The number of aromatic nitrogens is 4. The number of aryl methyl sites for hydroxylation is 4. The lowest BCUT2D eigenvalue weighted by Crippen LogP contribution is -2.50. The first kappa shape index (κ1) is 45.5. The van der Waals surface area contributed by atoms with Crippen molar-refractivity contribution in [2.45, 2.75) is 78.7 Å². The number of nitrogens with zero attached hydrogens (tertiary/aromatic N) is 8. The van der Waals surface area contributed by atoms with Crippen molar-refractivity contribution in [1.82, 2.24) is 29.4 Å². The summed E-state index contributed by atoms with van der Waals surface area (Å²) in [5, 5.41) is 9.27. The van der Waals surface area contributed by atoms with E-state index in [4.69, 9.17) is 14.6 Å². The van der Waals surface area contributed by atoms with Gasteiger partial charge in [0, 0.05) is 94.8 Å². The van der Waals surface area contributed by atoms with Crippen LogP contribution in [0.15, 0.2) is 134 Å². The number of benzene rings is 4. The Labute approximate surface area is 379 Å². The van der Waals surface area contributed by atoms with Crippen molar-refractivity contribution in [3.8, 4) is 22.5 Å². The Bertz CT molecular complexity index is 2370. The molecule has 336 valence electrons. The molecule has 2 amide bonds. The number of carbonyl (C=O) groups is 2. The van der Waals surface area contributed by atoms with Crippen LogP contribution in [0.4, 0.5) is 21.0 Å². The number of carbonyl (C=O) groups excluding carboxylic acids is 2. The summed E-state index contributed by atoms with van der Waals surface area (Å²) >= 11 is 0. The lowest BCUT2D eigenvalue weighted by molar-refractivity contribution is 0.0230. The largest absolute Gasteiger partial charge is 0.444 e. The predicted molar refractivity (Wildman–Crippen MR) is 256 cm³/mol. The van der Waals surface area contributed by atoms with Crippen LogP contribution in [0.3, 0.4) is 0 Å². The van der Waals surface area contributed by atoms with E-state index < -0.39 is 11.2 Å². The van der Waals surface area contributed by atoms with Gasteiger partial charge in [-0.3, -0.25) is 9.36 Å². The van der Waals surface area contributed by atoms with Crippen LogP contribution in [0, 0.1) is 0 Å². The summed E-state index contributed by atoms with van der Waals surface area (Å²) in [6.07, 6.45) is 5.38. The molecule has 4 aromatic carbocycles. The molecular weight excluding hydrogens is 801 g/mol. The average Bonchev–Trinajstić information content (AvgIpc) is 3.98. The molecule has 64 heavy (non-hydrogen) atoms. The Morgan fingerprint density at radius 2 is 0.984 bits per heavy atom. The van der Waals surface area contributed by atoms with E-state index in [1.807, 2.05) is 70.8 Å². The monoisotopic (exact) mass is 865 g/mol. The summed E-state index contributed by atoms with van der Waals surface area (Å²) in [4.78, 5) is 32.8. The number of hydrogen-bond acceptors (Lipinski definition) is 8. The van der Waals surface area contributed by atoms with Crippen LogP contribution < -0.4 is 9.80 Å². The third kappa shape index (κ3) is 13.0. The molecule has 2 aromatic heterocycles. The highest BCUT2D eigenvalue weighted by atomic mass is 16.6. The number of piperazine rings is 2. The second-order valence-electron chi connectivity index (χ2n) is 18.4. The highest BCUT2D eigenvalue weighted by Crippen LogP contribution is 2.26. The van der Waals surface area contributed by atoms with Gasteiger partial charge in [-0.15, -0.1) is 0 Å². The van der Waals surface area contributed by atoms with Crippen LogP contribution in [-0.2, 0) is 35.4 Å². The fraction of sp³-hybridized carbons (Fsp3) is 0.385. The molecular formula is C52H64N8O4. The zero-order valence-electron chi connectivity index (χ0n) is 38.4. The SMILES string of the molecule is CC(C)(C)OC(=O)N1CCN(c2ccc(-c3ccn(CCc4ccccc4)n3)cc2)CC1.CC(C)(C)OC(=O)N1CCN(c2ccc(-c3ccnn3CCc3ccccc3)cc2)CC1. The molecule has 0 N–H and O–H groups in total. The van der Waals surface area contributed by atoms with Gasteiger partial charge in [0.05, 0.1) is 11.4 Å². The minimum absolute atomic E-state index is 0.226. The van der Waals surface area contributed by atoms with Crippen LogP contribution in [0.2, 0.25) is 0 Å². The second kappa shape index (κ2) is 20.7. The van der Waals surface area contributed by atoms with Crippen molar-refractivity contribution in [1.29, 1.82) is 0 Å². The van der Waals surface area contributed by atoms with Crippen LogP contribution in [0.5, 0.6) is 0 Å². The normalized spacial score (nSPS) is 14.5. The summed E-state index contributed by atoms with van der Waals surface area (Å²) in [5.41, 5.74) is 8.44. The summed E-state index contributed by atoms with van der Waals surface area (Å²) in [6, 6.07) is 42.3. The van der Waals surface area contributed by atoms with Crippen molar-refractivity contribution >= 4 is 23.6 Å². The van der Waals surface area contributed by atoms with Crippen molar-refractivity contribution in [2.75, 3.05) is 62.2 Å². The van der Waals surface area contributed by atoms with Crippen LogP contribution in [0.1, 0.15) is 52.7 Å². The fourth-order valence-corrected chi connectivity index (χ4v) is 7.80. The van der Waals surface area contributed by atoms with E-state index in [-0.39, 0.29) is 12.2 Å². The van der Waals surface area contributed by atoms with Gasteiger partial charge < -0.3 is 29.1 Å². The molecule has 6 aromatic rings. The van der Waals surface area contributed by atoms with Gasteiger partial charge >= 0.3 is 12.2 Å². The lowest BCUT2D eigenvalue weighted by atomic mass is 10.1. The van der Waals surface area contributed by atoms with Gasteiger partial charge in [0.25, 0.3) is 0 Å². The summed E-state index contributed by atoms with van der Waals surface area (Å²) < 4.78 is 15.1. The molecule has 2 aliphatic heterocycles. The Morgan fingerprint density at radius 1 is 0.531 bits per heavy atom. The molecule has 12 nitrogen and oxygen atoms in total. The number of ether oxygens (including phenoxy) is 2. The van der Waals surface area contributed by atoms with Crippen molar-refractivity contribution in [3.05, 3.63) is 145 Å². The zero-order valence-corrected chi connectivity index (χ0v) is 38.4.